The summed E-state index contributed by atoms with van der Waals surface area (Å²) in [6.45, 7) is 7.57. The van der Waals surface area contributed by atoms with Gasteiger partial charge in [0.05, 0.1) is 24.9 Å². The van der Waals surface area contributed by atoms with Crippen molar-refractivity contribution in [1.82, 2.24) is 9.03 Å². The van der Waals surface area contributed by atoms with Gasteiger partial charge in [0.1, 0.15) is 0 Å². The molecular weight excluding hydrogens is 304 g/mol. The smallest absolute Gasteiger partial charge is 0.279 e. The lowest BCUT2D eigenvalue weighted by atomic mass is 9.88. The SMILES string of the molecule is C[C@@H]1CN(S(=O)(=O)NCCO[C@@H]2CCCC[C@H]2C)C[C@H](C)O1. The Bertz CT molecular complexity index is 433. The molecule has 6 nitrogen and oxygen atoms in total. The predicted molar refractivity (Wildman–Crippen MR) is 85.9 cm³/mol. The molecule has 130 valence electrons. The van der Waals surface area contributed by atoms with Crippen molar-refractivity contribution in [2.45, 2.75) is 64.8 Å². The first-order valence-electron chi connectivity index (χ1n) is 8.40. The predicted octanol–water partition coefficient (Wildman–Crippen LogP) is 1.53. The summed E-state index contributed by atoms with van der Waals surface area (Å²) in [5.41, 5.74) is 0. The summed E-state index contributed by atoms with van der Waals surface area (Å²) in [7, 11) is -3.44. The molecule has 2 rings (SSSR count). The molecule has 0 aromatic heterocycles. The lowest BCUT2D eigenvalue weighted by molar-refractivity contribution is -0.0445. The summed E-state index contributed by atoms with van der Waals surface area (Å²) in [5.74, 6) is 0.575. The molecule has 0 bridgehead atoms. The van der Waals surface area contributed by atoms with Crippen molar-refractivity contribution in [2.24, 2.45) is 5.92 Å². The van der Waals surface area contributed by atoms with Gasteiger partial charge < -0.3 is 9.47 Å². The molecule has 1 heterocycles. The number of ether oxygens (including phenoxy) is 2. The maximum absolute atomic E-state index is 12.3. The highest BCUT2D eigenvalue weighted by molar-refractivity contribution is 7.87. The molecule has 1 aliphatic carbocycles. The van der Waals surface area contributed by atoms with Crippen molar-refractivity contribution in [1.29, 1.82) is 0 Å². The van der Waals surface area contributed by atoms with Crippen LogP contribution in [0.2, 0.25) is 0 Å². The third-order valence-corrected chi connectivity index (χ3v) is 6.02. The molecule has 1 saturated carbocycles. The van der Waals surface area contributed by atoms with E-state index >= 15 is 0 Å². The molecule has 1 N–H and O–H groups in total. The zero-order chi connectivity index (χ0) is 16.2. The molecule has 0 amide bonds. The van der Waals surface area contributed by atoms with Crippen LogP contribution in [0.1, 0.15) is 46.5 Å². The van der Waals surface area contributed by atoms with Crippen molar-refractivity contribution < 1.29 is 17.9 Å². The minimum absolute atomic E-state index is 0.0698. The second-order valence-electron chi connectivity index (χ2n) is 6.64. The normalized spacial score (nSPS) is 34.7. The van der Waals surface area contributed by atoms with E-state index in [0.29, 0.717) is 32.2 Å². The second-order valence-corrected chi connectivity index (χ2v) is 8.40. The molecule has 0 unspecified atom stereocenters. The zero-order valence-electron chi connectivity index (χ0n) is 14.0. The van der Waals surface area contributed by atoms with Gasteiger partial charge in [-0.05, 0) is 32.6 Å². The Kier molecular flexibility index (Phi) is 6.64. The van der Waals surface area contributed by atoms with Crippen molar-refractivity contribution >= 4 is 10.2 Å². The zero-order valence-corrected chi connectivity index (χ0v) is 14.8. The van der Waals surface area contributed by atoms with Crippen LogP contribution in [-0.4, -0.2) is 57.3 Å². The van der Waals surface area contributed by atoms with Gasteiger partial charge in [0, 0.05) is 19.6 Å². The molecule has 0 radical (unpaired) electrons. The van der Waals surface area contributed by atoms with E-state index in [1.54, 1.807) is 0 Å². The fourth-order valence-corrected chi connectivity index (χ4v) is 4.67. The number of hydrogen-bond donors (Lipinski definition) is 1. The van der Waals surface area contributed by atoms with E-state index in [-0.39, 0.29) is 18.3 Å². The quantitative estimate of drug-likeness (QED) is 0.748. The van der Waals surface area contributed by atoms with E-state index in [0.717, 1.165) is 6.42 Å². The molecule has 0 spiro atoms. The summed E-state index contributed by atoms with van der Waals surface area (Å²) in [5, 5.41) is 0. The van der Waals surface area contributed by atoms with E-state index in [9.17, 15) is 8.42 Å². The van der Waals surface area contributed by atoms with Gasteiger partial charge in [-0.1, -0.05) is 19.8 Å². The third-order valence-electron chi connectivity index (χ3n) is 4.48. The van der Waals surface area contributed by atoms with Gasteiger partial charge >= 0.3 is 0 Å². The van der Waals surface area contributed by atoms with Crippen LogP contribution in [-0.2, 0) is 19.7 Å². The molecule has 2 fully saturated rings. The number of morpholine rings is 1. The maximum Gasteiger partial charge on any atom is 0.279 e. The first-order valence-corrected chi connectivity index (χ1v) is 9.84. The number of nitrogens with one attached hydrogen (secondary N) is 1. The van der Waals surface area contributed by atoms with Crippen LogP contribution < -0.4 is 4.72 Å². The van der Waals surface area contributed by atoms with E-state index < -0.39 is 10.2 Å². The van der Waals surface area contributed by atoms with Gasteiger partial charge in [-0.25, -0.2) is 0 Å². The Labute approximate surface area is 134 Å². The summed E-state index contributed by atoms with van der Waals surface area (Å²) < 4.78 is 40.1. The Morgan fingerprint density at radius 1 is 1.14 bits per heavy atom. The van der Waals surface area contributed by atoms with Gasteiger partial charge in [0.2, 0.25) is 0 Å². The molecule has 2 aliphatic rings. The fraction of sp³-hybridized carbons (Fsp3) is 1.00. The highest BCUT2D eigenvalue weighted by Gasteiger charge is 2.30. The Morgan fingerprint density at radius 3 is 2.41 bits per heavy atom. The number of rotatable bonds is 6. The molecule has 1 aliphatic heterocycles. The average Bonchev–Trinajstić information content (AvgIpc) is 2.44. The standard InChI is InChI=1S/C15H30N2O4S/c1-12-6-4-5-7-15(12)20-9-8-16-22(18,19)17-10-13(2)21-14(3)11-17/h12-16H,4-11H2,1-3H3/t12-,13-,14+,15-/m1/s1. The van der Waals surface area contributed by atoms with Gasteiger partial charge in [0.15, 0.2) is 0 Å². The highest BCUT2D eigenvalue weighted by Crippen LogP contribution is 2.26. The minimum Gasteiger partial charge on any atom is -0.377 e. The van der Waals surface area contributed by atoms with Crippen molar-refractivity contribution in [3.05, 3.63) is 0 Å². The maximum atomic E-state index is 12.3. The van der Waals surface area contributed by atoms with Crippen LogP contribution in [0.15, 0.2) is 0 Å². The van der Waals surface area contributed by atoms with Crippen molar-refractivity contribution in [2.75, 3.05) is 26.2 Å². The van der Waals surface area contributed by atoms with E-state index in [1.807, 2.05) is 13.8 Å². The lowest BCUT2D eigenvalue weighted by Crippen LogP contribution is -2.52. The third kappa shape index (κ3) is 5.16. The number of hydrogen-bond acceptors (Lipinski definition) is 4. The van der Waals surface area contributed by atoms with Crippen LogP contribution in [0.5, 0.6) is 0 Å². The van der Waals surface area contributed by atoms with Crippen LogP contribution >= 0.6 is 0 Å². The molecule has 22 heavy (non-hydrogen) atoms. The Hall–Kier alpha value is -0.210. The lowest BCUT2D eigenvalue weighted by Gasteiger charge is -2.34. The van der Waals surface area contributed by atoms with Crippen LogP contribution in [0.25, 0.3) is 0 Å². The van der Waals surface area contributed by atoms with Gasteiger partial charge in [-0.2, -0.15) is 17.4 Å². The summed E-state index contributed by atoms with van der Waals surface area (Å²) in [6, 6.07) is 0. The first-order chi connectivity index (χ1) is 10.4. The largest absolute Gasteiger partial charge is 0.377 e. The second kappa shape index (κ2) is 8.06. The average molecular weight is 334 g/mol. The highest BCUT2D eigenvalue weighted by atomic mass is 32.2. The fourth-order valence-electron chi connectivity index (χ4n) is 3.33. The molecule has 4 atom stereocenters. The molecular formula is C15H30N2O4S. The van der Waals surface area contributed by atoms with Crippen LogP contribution in [0.4, 0.5) is 0 Å². The Morgan fingerprint density at radius 2 is 1.77 bits per heavy atom. The van der Waals surface area contributed by atoms with E-state index in [2.05, 4.69) is 11.6 Å². The minimum atomic E-state index is -3.44. The number of nitrogens with zero attached hydrogens (tertiary/aromatic N) is 1. The Balaban J connectivity index is 1.73. The van der Waals surface area contributed by atoms with Gasteiger partial charge in [-0.3, -0.25) is 0 Å². The summed E-state index contributed by atoms with van der Waals surface area (Å²) >= 11 is 0. The van der Waals surface area contributed by atoms with E-state index in [4.69, 9.17) is 9.47 Å². The molecule has 0 aromatic carbocycles. The monoisotopic (exact) mass is 334 g/mol. The van der Waals surface area contributed by atoms with Crippen LogP contribution in [0, 0.1) is 5.92 Å². The first kappa shape index (κ1) is 18.1. The molecule has 1 saturated heterocycles. The molecule has 7 heteroatoms. The van der Waals surface area contributed by atoms with Crippen molar-refractivity contribution in [3.63, 3.8) is 0 Å². The molecule has 0 aromatic rings. The van der Waals surface area contributed by atoms with E-state index in [1.165, 1.54) is 23.6 Å². The summed E-state index contributed by atoms with van der Waals surface area (Å²) in [4.78, 5) is 0. The van der Waals surface area contributed by atoms with Crippen molar-refractivity contribution in [3.8, 4) is 0 Å². The summed E-state index contributed by atoms with van der Waals surface area (Å²) in [6.07, 6.45) is 4.93. The van der Waals surface area contributed by atoms with Crippen LogP contribution in [0.3, 0.4) is 0 Å². The van der Waals surface area contributed by atoms with Gasteiger partial charge in [-0.15, -0.1) is 0 Å². The van der Waals surface area contributed by atoms with Gasteiger partial charge in [0.25, 0.3) is 10.2 Å². The topological polar surface area (TPSA) is 67.9 Å².